The lowest BCUT2D eigenvalue weighted by molar-refractivity contribution is -0.147. The van der Waals surface area contributed by atoms with E-state index in [4.69, 9.17) is 9.47 Å². The van der Waals surface area contributed by atoms with Gasteiger partial charge in [-0.3, -0.25) is 4.79 Å². The summed E-state index contributed by atoms with van der Waals surface area (Å²) in [4.78, 5) is 25.9. The van der Waals surface area contributed by atoms with Crippen molar-refractivity contribution >= 4 is 11.9 Å². The minimum Gasteiger partial charge on any atom is -0.504 e. The highest BCUT2D eigenvalue weighted by atomic mass is 16.5. The second-order valence-corrected chi connectivity index (χ2v) is 4.92. The van der Waals surface area contributed by atoms with Gasteiger partial charge in [0.2, 0.25) is 0 Å². The van der Waals surface area contributed by atoms with E-state index < -0.39 is 12.0 Å². The molecular formula is C15H19NO5. The highest BCUT2D eigenvalue weighted by molar-refractivity contribution is 5.97. The minimum atomic E-state index is -0.555. The number of esters is 1. The molecule has 21 heavy (non-hydrogen) atoms. The Labute approximate surface area is 123 Å². The van der Waals surface area contributed by atoms with Gasteiger partial charge in [-0.15, -0.1) is 0 Å². The molecule has 6 heteroatoms. The van der Waals surface area contributed by atoms with Gasteiger partial charge in [0, 0.05) is 12.1 Å². The van der Waals surface area contributed by atoms with Crippen molar-refractivity contribution in [3.8, 4) is 11.5 Å². The molecule has 1 aliphatic heterocycles. The van der Waals surface area contributed by atoms with Crippen molar-refractivity contribution in [2.24, 2.45) is 0 Å². The summed E-state index contributed by atoms with van der Waals surface area (Å²) in [5.74, 6) is -0.492. The van der Waals surface area contributed by atoms with Crippen molar-refractivity contribution in [3.05, 3.63) is 23.8 Å². The molecule has 1 heterocycles. The van der Waals surface area contributed by atoms with Crippen molar-refractivity contribution in [3.63, 3.8) is 0 Å². The van der Waals surface area contributed by atoms with Crippen LogP contribution in [0.1, 0.15) is 29.6 Å². The number of hydrogen-bond donors (Lipinski definition) is 1. The lowest BCUT2D eigenvalue weighted by atomic mass is 10.0. The maximum Gasteiger partial charge on any atom is 0.328 e. The predicted octanol–water partition coefficient (Wildman–Crippen LogP) is 1.57. The van der Waals surface area contributed by atoms with E-state index >= 15 is 0 Å². The summed E-state index contributed by atoms with van der Waals surface area (Å²) in [6, 6.07) is 3.90. The van der Waals surface area contributed by atoms with Crippen LogP contribution in [0.15, 0.2) is 18.2 Å². The second-order valence-electron chi connectivity index (χ2n) is 4.92. The molecule has 0 spiro atoms. The predicted molar refractivity (Wildman–Crippen MR) is 75.4 cm³/mol. The number of benzene rings is 1. The highest BCUT2D eigenvalue weighted by Crippen LogP contribution is 2.28. The summed E-state index contributed by atoms with van der Waals surface area (Å²) in [5.41, 5.74) is 0.323. The van der Waals surface area contributed by atoms with Crippen LogP contribution in [0.5, 0.6) is 11.5 Å². The fraction of sp³-hybridized carbons (Fsp3) is 0.467. The Balaban J connectivity index is 2.24. The molecule has 1 saturated heterocycles. The van der Waals surface area contributed by atoms with Gasteiger partial charge in [0.25, 0.3) is 5.91 Å². The van der Waals surface area contributed by atoms with Gasteiger partial charge in [-0.1, -0.05) is 0 Å². The number of likely N-dealkylation sites (tertiary alicyclic amines) is 1. The third kappa shape index (κ3) is 3.09. The van der Waals surface area contributed by atoms with Gasteiger partial charge < -0.3 is 19.5 Å². The number of phenols is 1. The molecule has 6 nitrogen and oxygen atoms in total. The average Bonchev–Trinajstić information content (AvgIpc) is 2.53. The van der Waals surface area contributed by atoms with Crippen LogP contribution in [0.25, 0.3) is 0 Å². The Hall–Kier alpha value is -2.24. The number of aromatic hydroxyl groups is 1. The first-order valence-corrected chi connectivity index (χ1v) is 6.84. The number of nitrogens with zero attached hydrogens (tertiary/aromatic N) is 1. The quantitative estimate of drug-likeness (QED) is 0.856. The number of rotatable bonds is 3. The number of ether oxygens (including phenoxy) is 2. The number of methoxy groups -OCH3 is 2. The smallest absolute Gasteiger partial charge is 0.328 e. The van der Waals surface area contributed by atoms with Crippen molar-refractivity contribution in [2.75, 3.05) is 20.8 Å². The van der Waals surface area contributed by atoms with Crippen LogP contribution in [0.3, 0.4) is 0 Å². The largest absolute Gasteiger partial charge is 0.504 e. The molecule has 1 amide bonds. The van der Waals surface area contributed by atoms with Gasteiger partial charge in [-0.25, -0.2) is 4.79 Å². The molecule has 1 aromatic rings. The first-order chi connectivity index (χ1) is 10.1. The topological polar surface area (TPSA) is 76.1 Å². The zero-order valence-electron chi connectivity index (χ0n) is 12.2. The van der Waals surface area contributed by atoms with Gasteiger partial charge in [0.05, 0.1) is 14.2 Å². The molecule has 114 valence electrons. The van der Waals surface area contributed by atoms with Crippen LogP contribution in [-0.4, -0.2) is 48.7 Å². The molecule has 1 aliphatic rings. The summed E-state index contributed by atoms with van der Waals surface area (Å²) in [6.45, 7) is 0.505. The van der Waals surface area contributed by atoms with Crippen LogP contribution < -0.4 is 4.74 Å². The van der Waals surface area contributed by atoms with Gasteiger partial charge >= 0.3 is 5.97 Å². The molecule has 0 bridgehead atoms. The van der Waals surface area contributed by atoms with E-state index in [0.29, 0.717) is 24.3 Å². The molecule has 0 radical (unpaired) electrons. The van der Waals surface area contributed by atoms with Crippen LogP contribution in [0.4, 0.5) is 0 Å². The number of hydrogen-bond acceptors (Lipinski definition) is 5. The third-order valence-corrected chi connectivity index (χ3v) is 3.66. The fourth-order valence-electron chi connectivity index (χ4n) is 2.54. The number of phenolic OH excluding ortho intramolecular Hbond substituents is 1. The van der Waals surface area contributed by atoms with Crippen molar-refractivity contribution in [1.29, 1.82) is 0 Å². The SMILES string of the molecule is COC(=O)C1CCCCN1C(=O)c1ccc(OC)c(O)c1. The molecular weight excluding hydrogens is 274 g/mol. The van der Waals surface area contributed by atoms with Crippen LogP contribution in [0.2, 0.25) is 0 Å². The Morgan fingerprint density at radius 3 is 2.67 bits per heavy atom. The van der Waals surface area contributed by atoms with E-state index in [0.717, 1.165) is 12.8 Å². The van der Waals surface area contributed by atoms with E-state index in [2.05, 4.69) is 0 Å². The zero-order chi connectivity index (χ0) is 15.4. The van der Waals surface area contributed by atoms with Crippen molar-refractivity contribution in [1.82, 2.24) is 4.90 Å². The van der Waals surface area contributed by atoms with E-state index in [1.165, 1.54) is 31.3 Å². The standard InChI is InChI=1S/C15H19NO5/c1-20-13-7-6-10(9-12(13)17)14(18)16-8-4-3-5-11(16)15(19)21-2/h6-7,9,11,17H,3-5,8H2,1-2H3. The van der Waals surface area contributed by atoms with Gasteiger partial charge in [0.15, 0.2) is 11.5 Å². The molecule has 1 unspecified atom stereocenters. The number of piperidine rings is 1. The molecule has 1 N–H and O–H groups in total. The maximum absolute atomic E-state index is 12.5. The molecule has 1 aromatic carbocycles. The Morgan fingerprint density at radius 2 is 2.05 bits per heavy atom. The first-order valence-electron chi connectivity index (χ1n) is 6.84. The molecule has 0 aliphatic carbocycles. The molecule has 1 atom stereocenters. The molecule has 0 saturated carbocycles. The second kappa shape index (κ2) is 6.47. The van der Waals surface area contributed by atoms with E-state index in [1.807, 2.05) is 0 Å². The van der Waals surface area contributed by atoms with Crippen molar-refractivity contribution < 1.29 is 24.2 Å². The Morgan fingerprint density at radius 1 is 1.29 bits per heavy atom. The van der Waals surface area contributed by atoms with Gasteiger partial charge in [-0.05, 0) is 37.5 Å². The highest BCUT2D eigenvalue weighted by Gasteiger charge is 2.33. The number of carbonyl (C=O) groups is 2. The normalized spacial score (nSPS) is 18.2. The lowest BCUT2D eigenvalue weighted by Gasteiger charge is -2.33. The average molecular weight is 293 g/mol. The summed E-state index contributed by atoms with van der Waals surface area (Å²) in [5, 5.41) is 9.77. The fourth-order valence-corrected chi connectivity index (χ4v) is 2.54. The zero-order valence-corrected chi connectivity index (χ0v) is 12.2. The lowest BCUT2D eigenvalue weighted by Crippen LogP contribution is -2.48. The number of carbonyl (C=O) groups excluding carboxylic acids is 2. The van der Waals surface area contributed by atoms with E-state index in [-0.39, 0.29) is 11.7 Å². The number of amides is 1. The summed E-state index contributed by atoms with van der Waals surface area (Å²) in [7, 11) is 2.76. The minimum absolute atomic E-state index is 0.102. The third-order valence-electron chi connectivity index (χ3n) is 3.66. The van der Waals surface area contributed by atoms with Gasteiger partial charge in [0.1, 0.15) is 6.04 Å². The van der Waals surface area contributed by atoms with Gasteiger partial charge in [-0.2, -0.15) is 0 Å². The monoisotopic (exact) mass is 293 g/mol. The van der Waals surface area contributed by atoms with E-state index in [1.54, 1.807) is 6.07 Å². The molecule has 1 fully saturated rings. The first kappa shape index (κ1) is 15.2. The Kier molecular flexibility index (Phi) is 4.67. The summed E-state index contributed by atoms with van der Waals surface area (Å²) >= 11 is 0. The van der Waals surface area contributed by atoms with Crippen LogP contribution >= 0.6 is 0 Å². The maximum atomic E-state index is 12.5. The molecule has 0 aromatic heterocycles. The molecule has 2 rings (SSSR count). The van der Waals surface area contributed by atoms with Crippen LogP contribution in [0, 0.1) is 0 Å². The summed E-state index contributed by atoms with van der Waals surface area (Å²) in [6.07, 6.45) is 2.33. The Bertz CT molecular complexity index is 543. The van der Waals surface area contributed by atoms with E-state index in [9.17, 15) is 14.7 Å². The summed E-state index contributed by atoms with van der Waals surface area (Å²) < 4.78 is 9.72. The van der Waals surface area contributed by atoms with Crippen LogP contribution in [-0.2, 0) is 9.53 Å². The van der Waals surface area contributed by atoms with Crippen molar-refractivity contribution in [2.45, 2.75) is 25.3 Å².